The van der Waals surface area contributed by atoms with Crippen molar-refractivity contribution in [3.05, 3.63) is 24.3 Å². The summed E-state index contributed by atoms with van der Waals surface area (Å²) in [7, 11) is 0. The van der Waals surface area contributed by atoms with Gasteiger partial charge in [-0.05, 0) is 25.0 Å². The maximum absolute atomic E-state index is 11.9. The number of anilines is 1. The summed E-state index contributed by atoms with van der Waals surface area (Å²) in [4.78, 5) is 22.7. The highest BCUT2D eigenvalue weighted by Gasteiger charge is 2.09. The van der Waals surface area contributed by atoms with Crippen LogP contribution in [0.5, 0.6) is 5.75 Å². The van der Waals surface area contributed by atoms with E-state index < -0.39 is 6.09 Å². The molecule has 1 rings (SSSR count). The number of para-hydroxylation sites is 2. The molecule has 0 atom stereocenters. The summed E-state index contributed by atoms with van der Waals surface area (Å²) in [5.74, 6) is 0.180. The third-order valence-electron chi connectivity index (χ3n) is 3.16. The van der Waals surface area contributed by atoms with Gasteiger partial charge < -0.3 is 15.8 Å². The molecule has 1 aromatic carbocycles. The van der Waals surface area contributed by atoms with Gasteiger partial charge in [0.25, 0.3) is 0 Å². The number of hydrogen-bond donors (Lipinski definition) is 2. The van der Waals surface area contributed by atoms with Crippen LogP contribution in [0.4, 0.5) is 10.5 Å². The average Bonchev–Trinajstić information content (AvgIpc) is 2.48. The second kappa shape index (κ2) is 11.1. The molecule has 0 aliphatic rings. The lowest BCUT2D eigenvalue weighted by atomic mass is 10.1. The molecule has 0 aromatic heterocycles. The zero-order valence-corrected chi connectivity index (χ0v) is 14.2. The lowest BCUT2D eigenvalue weighted by molar-refractivity contribution is -0.116. The molecule has 122 valence electrons. The molecule has 0 unspecified atom stereocenters. The molecule has 0 aliphatic carbocycles. The molecule has 1 aromatic rings. The van der Waals surface area contributed by atoms with Crippen LogP contribution in [0.1, 0.15) is 44.9 Å². The average molecular weight is 371 g/mol. The largest absolute Gasteiger partial charge is 0.410 e. The normalized spacial score (nSPS) is 10.2. The molecular formula is C16H23BrN2O3. The molecule has 0 bridgehead atoms. The van der Waals surface area contributed by atoms with Crippen LogP contribution in [0.3, 0.4) is 0 Å². The van der Waals surface area contributed by atoms with Gasteiger partial charge >= 0.3 is 6.09 Å². The predicted molar refractivity (Wildman–Crippen MR) is 91.4 cm³/mol. The maximum atomic E-state index is 11.9. The van der Waals surface area contributed by atoms with E-state index in [1.807, 2.05) is 0 Å². The highest BCUT2D eigenvalue weighted by molar-refractivity contribution is 9.09. The minimum absolute atomic E-state index is 0.0824. The summed E-state index contributed by atoms with van der Waals surface area (Å²) in [5.41, 5.74) is 5.46. The second-order valence-electron chi connectivity index (χ2n) is 5.03. The number of unbranched alkanes of at least 4 members (excludes halogenated alkanes) is 5. The maximum Gasteiger partial charge on any atom is 0.410 e. The standard InChI is InChI=1S/C16H23BrN2O3/c17-12-8-4-2-1-3-5-11-15(20)19-13-9-6-7-10-14(13)22-16(18)21/h6-7,9-10H,1-5,8,11-12H2,(H2,18,21)(H,19,20). The number of halogens is 1. The Labute approximate surface area is 139 Å². The smallest absolute Gasteiger partial charge is 0.408 e. The molecule has 0 saturated heterocycles. The van der Waals surface area contributed by atoms with E-state index in [9.17, 15) is 9.59 Å². The minimum Gasteiger partial charge on any atom is -0.408 e. The van der Waals surface area contributed by atoms with Gasteiger partial charge in [-0.15, -0.1) is 0 Å². The fourth-order valence-electron chi connectivity index (χ4n) is 2.07. The zero-order chi connectivity index (χ0) is 16.2. The van der Waals surface area contributed by atoms with Crippen molar-refractivity contribution in [3.8, 4) is 5.75 Å². The Morgan fingerprint density at radius 3 is 2.36 bits per heavy atom. The Balaban J connectivity index is 2.29. The Morgan fingerprint density at radius 1 is 1.05 bits per heavy atom. The molecule has 0 saturated carbocycles. The number of nitrogens with one attached hydrogen (secondary N) is 1. The van der Waals surface area contributed by atoms with Crippen molar-refractivity contribution in [2.75, 3.05) is 10.6 Å². The molecule has 3 N–H and O–H groups in total. The number of rotatable bonds is 10. The molecule has 22 heavy (non-hydrogen) atoms. The number of benzene rings is 1. The summed E-state index contributed by atoms with van der Waals surface area (Å²) >= 11 is 3.41. The minimum atomic E-state index is -0.898. The van der Waals surface area contributed by atoms with Gasteiger partial charge in [-0.3, -0.25) is 4.79 Å². The van der Waals surface area contributed by atoms with E-state index in [1.54, 1.807) is 24.3 Å². The third kappa shape index (κ3) is 8.02. The van der Waals surface area contributed by atoms with E-state index in [-0.39, 0.29) is 11.7 Å². The first-order valence-corrected chi connectivity index (χ1v) is 8.67. The number of carbonyl (C=O) groups excluding carboxylic acids is 2. The number of nitrogens with two attached hydrogens (primary N) is 1. The molecule has 2 amide bonds. The van der Waals surface area contributed by atoms with Crippen LogP contribution >= 0.6 is 15.9 Å². The van der Waals surface area contributed by atoms with E-state index in [2.05, 4.69) is 21.2 Å². The molecule has 0 aliphatic heterocycles. The molecule has 0 radical (unpaired) electrons. The van der Waals surface area contributed by atoms with E-state index >= 15 is 0 Å². The Kier molecular flexibility index (Phi) is 9.30. The van der Waals surface area contributed by atoms with Crippen molar-refractivity contribution < 1.29 is 14.3 Å². The van der Waals surface area contributed by atoms with Crippen LogP contribution in [-0.4, -0.2) is 17.3 Å². The van der Waals surface area contributed by atoms with E-state index in [0.29, 0.717) is 12.1 Å². The van der Waals surface area contributed by atoms with Crippen LogP contribution in [0.2, 0.25) is 0 Å². The zero-order valence-electron chi connectivity index (χ0n) is 12.6. The number of primary amides is 1. The number of carbonyl (C=O) groups is 2. The first-order valence-electron chi connectivity index (χ1n) is 7.55. The van der Waals surface area contributed by atoms with Crippen molar-refractivity contribution in [3.63, 3.8) is 0 Å². The highest BCUT2D eigenvalue weighted by Crippen LogP contribution is 2.24. The summed E-state index contributed by atoms with van der Waals surface area (Å²) in [6, 6.07) is 6.73. The monoisotopic (exact) mass is 370 g/mol. The van der Waals surface area contributed by atoms with Crippen LogP contribution in [0.25, 0.3) is 0 Å². The molecule has 0 heterocycles. The SMILES string of the molecule is NC(=O)Oc1ccccc1NC(=O)CCCCCCCCBr. The first kappa shape index (κ1) is 18.5. The molecular weight excluding hydrogens is 348 g/mol. The summed E-state index contributed by atoms with van der Waals surface area (Å²) in [6.45, 7) is 0. The Bertz CT molecular complexity index is 480. The van der Waals surface area contributed by atoms with Crippen molar-refractivity contribution in [2.45, 2.75) is 44.9 Å². The van der Waals surface area contributed by atoms with Crippen LogP contribution in [0, 0.1) is 0 Å². The first-order chi connectivity index (χ1) is 10.6. The fraction of sp³-hybridized carbons (Fsp3) is 0.500. The predicted octanol–water partition coefficient (Wildman–Crippen LogP) is 4.21. The second-order valence-corrected chi connectivity index (χ2v) is 5.82. The van der Waals surface area contributed by atoms with Crippen LogP contribution < -0.4 is 15.8 Å². The number of amides is 2. The lowest BCUT2D eigenvalue weighted by Gasteiger charge is -2.10. The quantitative estimate of drug-likeness (QED) is 0.478. The topological polar surface area (TPSA) is 81.4 Å². The van der Waals surface area contributed by atoms with Crippen LogP contribution in [-0.2, 0) is 4.79 Å². The van der Waals surface area contributed by atoms with Gasteiger partial charge in [0.1, 0.15) is 0 Å². The van der Waals surface area contributed by atoms with Gasteiger partial charge in [-0.25, -0.2) is 4.79 Å². The van der Waals surface area contributed by atoms with Crippen molar-refractivity contribution in [2.24, 2.45) is 5.73 Å². The third-order valence-corrected chi connectivity index (χ3v) is 3.72. The van der Waals surface area contributed by atoms with Crippen molar-refractivity contribution >= 4 is 33.6 Å². The number of ether oxygens (including phenoxy) is 1. The van der Waals surface area contributed by atoms with Gasteiger partial charge in [0, 0.05) is 11.8 Å². The summed E-state index contributed by atoms with van der Waals surface area (Å²) in [6.07, 6.45) is 6.28. The molecule has 0 fully saturated rings. The summed E-state index contributed by atoms with van der Waals surface area (Å²) in [5, 5.41) is 3.81. The van der Waals surface area contributed by atoms with Gasteiger partial charge in [0.2, 0.25) is 5.91 Å². The van der Waals surface area contributed by atoms with Crippen molar-refractivity contribution in [1.29, 1.82) is 0 Å². The Hall–Kier alpha value is -1.56. The lowest BCUT2D eigenvalue weighted by Crippen LogP contribution is -2.18. The van der Waals surface area contributed by atoms with E-state index in [0.717, 1.165) is 24.6 Å². The van der Waals surface area contributed by atoms with Crippen molar-refractivity contribution in [1.82, 2.24) is 0 Å². The number of hydrogen-bond acceptors (Lipinski definition) is 3. The Morgan fingerprint density at radius 2 is 1.68 bits per heavy atom. The highest BCUT2D eigenvalue weighted by atomic mass is 79.9. The van der Waals surface area contributed by atoms with Gasteiger partial charge in [0.05, 0.1) is 5.69 Å². The van der Waals surface area contributed by atoms with E-state index in [4.69, 9.17) is 10.5 Å². The molecule has 0 spiro atoms. The van der Waals surface area contributed by atoms with Gasteiger partial charge in [0.15, 0.2) is 5.75 Å². The van der Waals surface area contributed by atoms with Gasteiger partial charge in [-0.2, -0.15) is 0 Å². The van der Waals surface area contributed by atoms with Gasteiger partial charge in [-0.1, -0.05) is 53.7 Å². The van der Waals surface area contributed by atoms with Crippen LogP contribution in [0.15, 0.2) is 24.3 Å². The molecule has 5 nitrogen and oxygen atoms in total. The molecule has 6 heteroatoms. The number of alkyl halides is 1. The van der Waals surface area contributed by atoms with E-state index in [1.165, 1.54) is 19.3 Å². The fourth-order valence-corrected chi connectivity index (χ4v) is 2.46. The summed E-state index contributed by atoms with van der Waals surface area (Å²) < 4.78 is 4.85.